The van der Waals surface area contributed by atoms with Crippen molar-refractivity contribution in [3.05, 3.63) is 90.0 Å². The molecule has 24 heavy (non-hydrogen) atoms. The third kappa shape index (κ3) is 2.52. The van der Waals surface area contributed by atoms with Crippen molar-refractivity contribution in [1.82, 2.24) is 0 Å². The smallest absolute Gasteiger partial charge is 0.256 e. The molecule has 0 aliphatic rings. The first-order valence-corrected chi connectivity index (χ1v) is 8.01. The van der Waals surface area contributed by atoms with Crippen molar-refractivity contribution in [3.8, 4) is 0 Å². The molecule has 0 saturated heterocycles. The summed E-state index contributed by atoms with van der Waals surface area (Å²) in [5, 5.41) is 7.40. The molecule has 2 heteroatoms. The summed E-state index contributed by atoms with van der Waals surface area (Å²) < 4.78 is 0. The zero-order chi connectivity index (χ0) is 16.5. The third-order valence-electron chi connectivity index (χ3n) is 4.35. The van der Waals surface area contributed by atoms with Gasteiger partial charge >= 0.3 is 0 Å². The average Bonchev–Trinajstić information content (AvgIpc) is 2.60. The number of hydrogen-bond acceptors (Lipinski definition) is 1. The van der Waals surface area contributed by atoms with Gasteiger partial charge in [0, 0.05) is 5.69 Å². The number of anilines is 1. The second-order valence-corrected chi connectivity index (χ2v) is 6.00. The van der Waals surface area contributed by atoms with Crippen LogP contribution < -0.4 is 5.32 Å². The Balaban J connectivity index is 1.88. The first-order valence-electron chi connectivity index (χ1n) is 8.01. The highest BCUT2D eigenvalue weighted by molar-refractivity contribution is 6.16. The maximum atomic E-state index is 12.9. The third-order valence-corrected chi connectivity index (χ3v) is 4.35. The van der Waals surface area contributed by atoms with Gasteiger partial charge in [-0.1, -0.05) is 54.6 Å². The Kier molecular flexibility index (Phi) is 3.51. The van der Waals surface area contributed by atoms with E-state index in [0.717, 1.165) is 33.0 Å². The number of fused-ring (bicyclic) bond motifs is 2. The monoisotopic (exact) mass is 311 g/mol. The number of para-hydroxylation sites is 1. The van der Waals surface area contributed by atoms with Crippen LogP contribution in [0.1, 0.15) is 15.9 Å². The van der Waals surface area contributed by atoms with Crippen LogP contribution in [0.25, 0.3) is 21.5 Å². The first kappa shape index (κ1) is 14.5. The molecule has 4 aromatic carbocycles. The molecule has 0 unspecified atom stereocenters. The van der Waals surface area contributed by atoms with Crippen LogP contribution >= 0.6 is 0 Å². The van der Waals surface area contributed by atoms with Gasteiger partial charge in [0.15, 0.2) is 0 Å². The summed E-state index contributed by atoms with van der Waals surface area (Å²) >= 11 is 0. The quantitative estimate of drug-likeness (QED) is 0.483. The van der Waals surface area contributed by atoms with Gasteiger partial charge in [-0.3, -0.25) is 4.79 Å². The van der Waals surface area contributed by atoms with E-state index < -0.39 is 0 Å². The summed E-state index contributed by atoms with van der Waals surface area (Å²) in [4.78, 5) is 12.9. The molecule has 4 aromatic rings. The van der Waals surface area contributed by atoms with Crippen LogP contribution in [0.5, 0.6) is 0 Å². The van der Waals surface area contributed by atoms with Crippen molar-refractivity contribution in [3.63, 3.8) is 0 Å². The number of rotatable bonds is 2. The predicted octanol–water partition coefficient (Wildman–Crippen LogP) is 5.55. The van der Waals surface area contributed by atoms with E-state index in [1.165, 1.54) is 5.39 Å². The second-order valence-electron chi connectivity index (χ2n) is 6.00. The van der Waals surface area contributed by atoms with Crippen LogP contribution in [0.2, 0.25) is 0 Å². The van der Waals surface area contributed by atoms with Crippen LogP contribution in [0, 0.1) is 6.92 Å². The standard InChI is InChI=1S/C22H17NO/c1-15-11-12-18-13-16-7-5-6-8-17(16)14-20(18)21(15)22(24)23-19-9-3-2-4-10-19/h2-14H,1H3,(H,23,24). The minimum atomic E-state index is -0.0698. The molecule has 0 aromatic heterocycles. The molecule has 0 bridgehead atoms. The van der Waals surface area contributed by atoms with Crippen LogP contribution in [0.3, 0.4) is 0 Å². The highest BCUT2D eigenvalue weighted by Crippen LogP contribution is 2.28. The fourth-order valence-corrected chi connectivity index (χ4v) is 3.14. The van der Waals surface area contributed by atoms with Gasteiger partial charge in [-0.2, -0.15) is 0 Å². The largest absolute Gasteiger partial charge is 0.322 e. The minimum absolute atomic E-state index is 0.0698. The fourth-order valence-electron chi connectivity index (χ4n) is 3.14. The Hall–Kier alpha value is -3.13. The normalized spacial score (nSPS) is 10.9. The Morgan fingerprint density at radius 1 is 0.750 bits per heavy atom. The van der Waals surface area contributed by atoms with Crippen molar-refractivity contribution in [2.24, 2.45) is 0 Å². The van der Waals surface area contributed by atoms with Crippen molar-refractivity contribution < 1.29 is 4.79 Å². The molecule has 0 heterocycles. The molecule has 0 spiro atoms. The number of amides is 1. The second kappa shape index (κ2) is 5.82. The summed E-state index contributed by atoms with van der Waals surface area (Å²) in [5.41, 5.74) is 2.52. The molecule has 116 valence electrons. The summed E-state index contributed by atoms with van der Waals surface area (Å²) in [5.74, 6) is -0.0698. The van der Waals surface area contributed by atoms with Crippen molar-refractivity contribution in [1.29, 1.82) is 0 Å². The molecule has 0 radical (unpaired) electrons. The molecule has 1 amide bonds. The molecule has 0 fully saturated rings. The highest BCUT2D eigenvalue weighted by atomic mass is 16.1. The number of nitrogens with one attached hydrogen (secondary N) is 1. The molecule has 2 nitrogen and oxygen atoms in total. The Morgan fingerprint density at radius 3 is 2.17 bits per heavy atom. The van der Waals surface area contributed by atoms with Crippen LogP contribution in [0.15, 0.2) is 78.9 Å². The molecule has 0 aliphatic heterocycles. The Bertz CT molecular complexity index is 1050. The van der Waals surface area contributed by atoms with Crippen molar-refractivity contribution in [2.45, 2.75) is 6.92 Å². The van der Waals surface area contributed by atoms with Gasteiger partial charge in [0.1, 0.15) is 0 Å². The Labute approximate surface area is 140 Å². The van der Waals surface area contributed by atoms with Crippen molar-refractivity contribution in [2.75, 3.05) is 5.32 Å². The van der Waals surface area contributed by atoms with Crippen LogP contribution in [-0.2, 0) is 0 Å². The van der Waals surface area contributed by atoms with Crippen LogP contribution in [0.4, 0.5) is 5.69 Å². The maximum Gasteiger partial charge on any atom is 0.256 e. The van der Waals surface area contributed by atoms with Gasteiger partial charge in [0.2, 0.25) is 0 Å². The van der Waals surface area contributed by atoms with E-state index in [-0.39, 0.29) is 5.91 Å². The summed E-state index contributed by atoms with van der Waals surface area (Å²) in [6.45, 7) is 1.98. The van der Waals surface area contributed by atoms with E-state index in [0.29, 0.717) is 0 Å². The van der Waals surface area contributed by atoms with E-state index in [1.54, 1.807) is 0 Å². The molecular formula is C22H17NO. The number of aryl methyl sites for hydroxylation is 1. The van der Waals surface area contributed by atoms with E-state index in [4.69, 9.17) is 0 Å². The van der Waals surface area contributed by atoms with Gasteiger partial charge in [0.05, 0.1) is 5.56 Å². The predicted molar refractivity (Wildman–Crippen MR) is 101 cm³/mol. The van der Waals surface area contributed by atoms with E-state index >= 15 is 0 Å². The van der Waals surface area contributed by atoms with Gasteiger partial charge in [-0.15, -0.1) is 0 Å². The highest BCUT2D eigenvalue weighted by Gasteiger charge is 2.14. The van der Waals surface area contributed by atoms with E-state index in [9.17, 15) is 4.79 Å². The number of hydrogen-bond donors (Lipinski definition) is 1. The van der Waals surface area contributed by atoms with E-state index in [1.807, 2.05) is 55.5 Å². The lowest BCUT2D eigenvalue weighted by Crippen LogP contribution is -2.13. The molecule has 1 N–H and O–H groups in total. The lowest BCUT2D eigenvalue weighted by Gasteiger charge is -2.12. The molecule has 0 saturated carbocycles. The van der Waals surface area contributed by atoms with Gasteiger partial charge < -0.3 is 5.32 Å². The summed E-state index contributed by atoms with van der Waals surface area (Å²) in [6, 6.07) is 26.1. The first-order chi connectivity index (χ1) is 11.7. The fraction of sp³-hybridized carbons (Fsp3) is 0.0455. The molecular weight excluding hydrogens is 294 g/mol. The summed E-state index contributed by atoms with van der Waals surface area (Å²) in [7, 11) is 0. The number of carbonyl (C=O) groups is 1. The maximum absolute atomic E-state index is 12.9. The zero-order valence-electron chi connectivity index (χ0n) is 13.4. The Morgan fingerprint density at radius 2 is 1.42 bits per heavy atom. The van der Waals surface area contributed by atoms with E-state index in [2.05, 4.69) is 35.6 Å². The number of carbonyl (C=O) groups excluding carboxylic acids is 1. The zero-order valence-corrected chi connectivity index (χ0v) is 13.4. The topological polar surface area (TPSA) is 29.1 Å². The van der Waals surface area contributed by atoms with Gasteiger partial charge in [-0.25, -0.2) is 0 Å². The molecule has 0 aliphatic carbocycles. The number of benzene rings is 4. The summed E-state index contributed by atoms with van der Waals surface area (Å²) in [6.07, 6.45) is 0. The molecule has 0 atom stereocenters. The minimum Gasteiger partial charge on any atom is -0.322 e. The van der Waals surface area contributed by atoms with Crippen LogP contribution in [-0.4, -0.2) is 5.91 Å². The molecule has 4 rings (SSSR count). The lowest BCUT2D eigenvalue weighted by atomic mass is 9.96. The SMILES string of the molecule is Cc1ccc2cc3ccccc3cc2c1C(=O)Nc1ccccc1. The van der Waals surface area contributed by atoms with Gasteiger partial charge in [-0.05, 0) is 58.3 Å². The average molecular weight is 311 g/mol. The lowest BCUT2D eigenvalue weighted by molar-refractivity contribution is 0.102. The van der Waals surface area contributed by atoms with Gasteiger partial charge in [0.25, 0.3) is 5.91 Å². The van der Waals surface area contributed by atoms with Crippen molar-refractivity contribution >= 4 is 33.1 Å².